The van der Waals surface area contributed by atoms with E-state index >= 15 is 0 Å². The molecule has 0 saturated heterocycles. The summed E-state index contributed by atoms with van der Waals surface area (Å²) in [4.78, 5) is 22.9. The summed E-state index contributed by atoms with van der Waals surface area (Å²) in [5.74, 6) is -1.43. The van der Waals surface area contributed by atoms with Crippen molar-refractivity contribution >= 4 is 45.4 Å². The van der Waals surface area contributed by atoms with Gasteiger partial charge < -0.3 is 22.5 Å². The van der Waals surface area contributed by atoms with Gasteiger partial charge in [0.1, 0.15) is 9.88 Å². The van der Waals surface area contributed by atoms with Gasteiger partial charge in [0.15, 0.2) is 0 Å². The van der Waals surface area contributed by atoms with Crippen molar-refractivity contribution in [1.82, 2.24) is 0 Å². The van der Waals surface area contributed by atoms with Gasteiger partial charge in [0, 0.05) is 11.6 Å². The Morgan fingerprint density at radius 1 is 1.19 bits per heavy atom. The molecule has 0 radical (unpaired) electrons. The largest absolute Gasteiger partial charge is 0.397 e. The number of amides is 2. The molecule has 0 aliphatic rings. The van der Waals surface area contributed by atoms with Crippen LogP contribution in [-0.4, -0.2) is 11.8 Å². The molecule has 1 aromatic carbocycles. The minimum atomic E-state index is -0.724. The molecule has 0 atom stereocenters. The monoisotopic (exact) mass is 324 g/mol. The van der Waals surface area contributed by atoms with Crippen molar-refractivity contribution in [2.75, 3.05) is 11.1 Å². The third kappa shape index (κ3) is 3.09. The number of rotatable bonds is 5. The summed E-state index contributed by atoms with van der Waals surface area (Å²) < 4.78 is 0. The second-order valence-electron chi connectivity index (χ2n) is 4.22. The molecule has 0 bridgehead atoms. The number of nitrogens with two attached hydrogens (primary N) is 3. The van der Waals surface area contributed by atoms with Crippen molar-refractivity contribution in [1.29, 1.82) is 0 Å². The van der Waals surface area contributed by atoms with Crippen molar-refractivity contribution < 1.29 is 9.59 Å². The minimum Gasteiger partial charge on any atom is -0.397 e. The first-order valence-electron chi connectivity index (χ1n) is 5.91. The van der Waals surface area contributed by atoms with Crippen LogP contribution in [0.5, 0.6) is 0 Å². The molecular weight excluding hydrogens is 312 g/mol. The molecule has 0 spiro atoms. The van der Waals surface area contributed by atoms with Gasteiger partial charge in [-0.05, 0) is 11.6 Å². The first-order chi connectivity index (χ1) is 9.91. The third-order valence-corrected chi connectivity index (χ3v) is 4.36. The van der Waals surface area contributed by atoms with E-state index in [0.717, 1.165) is 16.9 Å². The summed E-state index contributed by atoms with van der Waals surface area (Å²) in [6.07, 6.45) is 0. The number of carbonyl (C=O) groups is 2. The number of hydrogen-bond donors (Lipinski definition) is 4. The maximum absolute atomic E-state index is 11.5. The highest BCUT2D eigenvalue weighted by Crippen LogP contribution is 2.35. The molecule has 2 aromatic rings. The number of nitrogen functional groups attached to an aromatic ring is 1. The van der Waals surface area contributed by atoms with Crippen LogP contribution in [0.1, 0.15) is 25.6 Å². The summed E-state index contributed by atoms with van der Waals surface area (Å²) in [6.45, 7) is 0.359. The van der Waals surface area contributed by atoms with Gasteiger partial charge in [-0.25, -0.2) is 0 Å². The Labute approximate surface area is 129 Å². The van der Waals surface area contributed by atoms with Crippen molar-refractivity contribution in [2.24, 2.45) is 11.5 Å². The molecule has 7 N–H and O–H groups in total. The normalized spacial score (nSPS) is 10.3. The molecule has 0 aliphatic heterocycles. The molecule has 1 aromatic heterocycles. The fraction of sp³-hybridized carbons (Fsp3) is 0.0769. The van der Waals surface area contributed by atoms with Crippen LogP contribution in [0.15, 0.2) is 24.3 Å². The molecule has 2 rings (SSSR count). The van der Waals surface area contributed by atoms with Gasteiger partial charge in [-0.3, -0.25) is 9.59 Å². The van der Waals surface area contributed by atoms with E-state index in [1.165, 1.54) is 0 Å². The maximum Gasteiger partial charge on any atom is 0.260 e. The zero-order valence-corrected chi connectivity index (χ0v) is 12.4. The van der Waals surface area contributed by atoms with Crippen LogP contribution in [0.25, 0.3) is 0 Å². The Kier molecular flexibility index (Phi) is 4.35. The van der Waals surface area contributed by atoms with E-state index in [4.69, 9.17) is 28.8 Å². The van der Waals surface area contributed by atoms with E-state index in [9.17, 15) is 9.59 Å². The number of hydrogen-bond acceptors (Lipinski definition) is 5. The van der Waals surface area contributed by atoms with Crippen molar-refractivity contribution in [3.63, 3.8) is 0 Å². The second-order valence-corrected chi connectivity index (χ2v) is 5.65. The lowest BCUT2D eigenvalue weighted by Crippen LogP contribution is -2.16. The molecule has 6 nitrogen and oxygen atoms in total. The van der Waals surface area contributed by atoms with Crippen LogP contribution in [-0.2, 0) is 6.54 Å². The standard InChI is InChI=1S/C13H13ClN4O2S/c14-7-4-2-1-3-6(7)5-18-13-8(11(16)19)9(15)10(21-13)12(17)20/h1-4,18H,5,15H2,(H2,16,19)(H2,17,20). The smallest absolute Gasteiger partial charge is 0.260 e. The highest BCUT2D eigenvalue weighted by atomic mass is 35.5. The Morgan fingerprint density at radius 3 is 2.43 bits per heavy atom. The SMILES string of the molecule is NC(=O)c1sc(NCc2ccccc2Cl)c(C(N)=O)c1N. The molecular formula is C13H13ClN4O2S. The van der Waals surface area contributed by atoms with Crippen LogP contribution < -0.4 is 22.5 Å². The number of anilines is 2. The molecule has 0 saturated carbocycles. The predicted molar refractivity (Wildman–Crippen MR) is 84.5 cm³/mol. The van der Waals surface area contributed by atoms with E-state index in [1.807, 2.05) is 18.2 Å². The average Bonchev–Trinajstić information content (AvgIpc) is 2.75. The zero-order chi connectivity index (χ0) is 15.6. The van der Waals surface area contributed by atoms with E-state index in [-0.39, 0.29) is 16.1 Å². The van der Waals surface area contributed by atoms with E-state index in [2.05, 4.69) is 5.32 Å². The van der Waals surface area contributed by atoms with Crippen LogP contribution in [0.3, 0.4) is 0 Å². The lowest BCUT2D eigenvalue weighted by Gasteiger charge is -2.07. The number of carbonyl (C=O) groups excluding carboxylic acids is 2. The Balaban J connectivity index is 2.32. The van der Waals surface area contributed by atoms with Crippen LogP contribution in [0.4, 0.5) is 10.7 Å². The Bertz CT molecular complexity index is 714. The van der Waals surface area contributed by atoms with Crippen molar-refractivity contribution in [3.05, 3.63) is 45.3 Å². The molecule has 1 heterocycles. The van der Waals surface area contributed by atoms with Gasteiger partial charge in [-0.2, -0.15) is 0 Å². The van der Waals surface area contributed by atoms with Crippen LogP contribution in [0.2, 0.25) is 5.02 Å². The van der Waals surface area contributed by atoms with E-state index in [0.29, 0.717) is 16.6 Å². The molecule has 8 heteroatoms. The van der Waals surface area contributed by atoms with Crippen LogP contribution >= 0.6 is 22.9 Å². The first kappa shape index (κ1) is 15.1. The molecule has 0 fully saturated rings. The van der Waals surface area contributed by atoms with E-state index in [1.54, 1.807) is 6.07 Å². The van der Waals surface area contributed by atoms with Gasteiger partial charge in [0.05, 0.1) is 11.3 Å². The number of primary amides is 2. The molecule has 0 unspecified atom stereocenters. The van der Waals surface area contributed by atoms with E-state index < -0.39 is 11.8 Å². The lowest BCUT2D eigenvalue weighted by atomic mass is 10.2. The van der Waals surface area contributed by atoms with Gasteiger partial charge >= 0.3 is 0 Å². The fourth-order valence-electron chi connectivity index (χ4n) is 1.81. The van der Waals surface area contributed by atoms with Gasteiger partial charge in [0.2, 0.25) is 0 Å². The van der Waals surface area contributed by atoms with Gasteiger partial charge in [-0.1, -0.05) is 29.8 Å². The fourth-order valence-corrected chi connectivity index (χ4v) is 2.99. The van der Waals surface area contributed by atoms with Gasteiger partial charge in [-0.15, -0.1) is 11.3 Å². The third-order valence-electron chi connectivity index (χ3n) is 2.81. The lowest BCUT2D eigenvalue weighted by molar-refractivity contribution is 0.0999. The quantitative estimate of drug-likeness (QED) is 0.669. The predicted octanol–water partition coefficient (Wildman–Crippen LogP) is 1.79. The Morgan fingerprint density at radius 2 is 1.86 bits per heavy atom. The first-order valence-corrected chi connectivity index (χ1v) is 7.10. The van der Waals surface area contributed by atoms with Crippen molar-refractivity contribution in [3.8, 4) is 0 Å². The molecule has 110 valence electrons. The molecule has 0 aliphatic carbocycles. The molecule has 21 heavy (non-hydrogen) atoms. The number of thiophene rings is 1. The summed E-state index contributed by atoms with van der Waals surface area (Å²) >= 11 is 7.05. The van der Waals surface area contributed by atoms with Crippen LogP contribution in [0, 0.1) is 0 Å². The summed E-state index contributed by atoms with van der Waals surface area (Å²) in [6, 6.07) is 7.25. The average molecular weight is 325 g/mol. The summed E-state index contributed by atoms with van der Waals surface area (Å²) in [7, 11) is 0. The van der Waals surface area contributed by atoms with Gasteiger partial charge in [0.25, 0.3) is 11.8 Å². The maximum atomic E-state index is 11.5. The number of nitrogens with one attached hydrogen (secondary N) is 1. The topological polar surface area (TPSA) is 124 Å². The second kappa shape index (κ2) is 6.02. The summed E-state index contributed by atoms with van der Waals surface area (Å²) in [5, 5.41) is 4.00. The minimum absolute atomic E-state index is 0.00154. The summed E-state index contributed by atoms with van der Waals surface area (Å²) in [5.41, 5.74) is 17.2. The highest BCUT2D eigenvalue weighted by molar-refractivity contribution is 7.19. The van der Waals surface area contributed by atoms with Crippen molar-refractivity contribution in [2.45, 2.75) is 6.54 Å². The number of benzene rings is 1. The zero-order valence-electron chi connectivity index (χ0n) is 10.9. The highest BCUT2D eigenvalue weighted by Gasteiger charge is 2.22. The number of halogens is 1. The Hall–Kier alpha value is -2.25. The molecule has 2 amide bonds.